The number of benzene rings is 2. The number of nitrogens with zero attached hydrogens (tertiary/aromatic N) is 4. The van der Waals surface area contributed by atoms with E-state index in [9.17, 15) is 10.1 Å². The minimum Gasteiger partial charge on any atom is -0.258 e. The summed E-state index contributed by atoms with van der Waals surface area (Å²) in [6.45, 7) is 6.32. The lowest BCUT2D eigenvalue weighted by atomic mass is 10.0. The Morgan fingerprint density at radius 1 is 1.25 bits per heavy atom. The van der Waals surface area contributed by atoms with E-state index in [1.54, 1.807) is 23.9 Å². The second-order valence-electron chi connectivity index (χ2n) is 6.35. The molecular formula is C19H20N6O2S. The third-order valence-electron chi connectivity index (χ3n) is 4.12. The molecule has 2 aromatic carbocycles. The fourth-order valence-corrected chi connectivity index (χ4v) is 3.82. The van der Waals surface area contributed by atoms with Crippen LogP contribution in [0.5, 0.6) is 0 Å². The van der Waals surface area contributed by atoms with Crippen LogP contribution in [0.2, 0.25) is 0 Å². The zero-order chi connectivity index (χ0) is 20.1. The number of thioether (sulfide) groups is 1. The first-order chi connectivity index (χ1) is 13.4. The first-order valence-electron chi connectivity index (χ1n) is 8.58. The van der Waals surface area contributed by atoms with Crippen molar-refractivity contribution in [2.75, 3.05) is 5.43 Å². The van der Waals surface area contributed by atoms with Crippen LogP contribution >= 0.6 is 11.8 Å². The summed E-state index contributed by atoms with van der Waals surface area (Å²) < 4.78 is 0. The summed E-state index contributed by atoms with van der Waals surface area (Å²) in [5.41, 5.74) is 8.46. The van der Waals surface area contributed by atoms with E-state index in [4.69, 9.17) is 0 Å². The molecule has 3 aromatic rings. The molecule has 0 unspecified atom stereocenters. The molecule has 0 atom stereocenters. The highest BCUT2D eigenvalue weighted by molar-refractivity contribution is 7.98. The molecule has 0 radical (unpaired) electrons. The molecule has 9 heteroatoms. The third kappa shape index (κ3) is 4.95. The highest BCUT2D eigenvalue weighted by Crippen LogP contribution is 2.25. The number of hydrogen-bond donors (Lipinski definition) is 2. The number of aryl methyl sites for hydroxylation is 3. The SMILES string of the molecule is Cc1cc(C)c(CSc2n[nH]c(N/N=C/c3cccc([N+](=O)[O-])c3)n2)c(C)c1. The fraction of sp³-hybridized carbons (Fsp3) is 0.211. The summed E-state index contributed by atoms with van der Waals surface area (Å²) >= 11 is 1.54. The van der Waals surface area contributed by atoms with Gasteiger partial charge >= 0.3 is 0 Å². The number of hydrogen-bond acceptors (Lipinski definition) is 7. The van der Waals surface area contributed by atoms with E-state index in [2.05, 4.69) is 58.6 Å². The molecule has 0 spiro atoms. The number of anilines is 1. The summed E-state index contributed by atoms with van der Waals surface area (Å²) in [5, 5.41) is 22.4. The molecular weight excluding hydrogens is 376 g/mol. The molecule has 0 fully saturated rings. The molecule has 1 aromatic heterocycles. The number of nitro groups is 1. The normalized spacial score (nSPS) is 11.1. The summed E-state index contributed by atoms with van der Waals surface area (Å²) in [4.78, 5) is 14.7. The number of H-pyrrole nitrogens is 1. The smallest absolute Gasteiger partial charge is 0.258 e. The van der Waals surface area contributed by atoms with Crippen LogP contribution in [0.15, 0.2) is 46.7 Å². The lowest BCUT2D eigenvalue weighted by Gasteiger charge is -2.09. The van der Waals surface area contributed by atoms with Gasteiger partial charge in [0.25, 0.3) is 5.69 Å². The number of hydrazone groups is 1. The predicted octanol–water partition coefficient (Wildman–Crippen LogP) is 4.38. The van der Waals surface area contributed by atoms with Gasteiger partial charge in [-0.2, -0.15) is 10.1 Å². The van der Waals surface area contributed by atoms with E-state index in [1.807, 2.05) is 0 Å². The Morgan fingerprint density at radius 2 is 2.00 bits per heavy atom. The number of rotatable bonds is 7. The quantitative estimate of drug-likeness (QED) is 0.265. The average Bonchev–Trinajstić information content (AvgIpc) is 3.09. The van der Waals surface area contributed by atoms with Crippen molar-refractivity contribution in [1.82, 2.24) is 15.2 Å². The van der Waals surface area contributed by atoms with Crippen LogP contribution in [0.3, 0.4) is 0 Å². The molecule has 0 saturated heterocycles. The van der Waals surface area contributed by atoms with Crippen molar-refractivity contribution in [2.45, 2.75) is 31.7 Å². The van der Waals surface area contributed by atoms with Crippen molar-refractivity contribution >= 4 is 29.6 Å². The highest BCUT2D eigenvalue weighted by atomic mass is 32.2. The van der Waals surface area contributed by atoms with E-state index in [0.717, 1.165) is 5.75 Å². The lowest BCUT2D eigenvalue weighted by molar-refractivity contribution is -0.384. The topological polar surface area (TPSA) is 109 Å². The maximum absolute atomic E-state index is 10.8. The minimum atomic E-state index is -0.442. The van der Waals surface area contributed by atoms with Gasteiger partial charge in [-0.15, -0.1) is 5.10 Å². The summed E-state index contributed by atoms with van der Waals surface area (Å²) in [5.74, 6) is 1.19. The molecule has 0 saturated carbocycles. The maximum atomic E-state index is 10.8. The molecule has 1 heterocycles. The number of nitrogens with one attached hydrogen (secondary N) is 2. The zero-order valence-electron chi connectivity index (χ0n) is 15.8. The second kappa shape index (κ2) is 8.66. The van der Waals surface area contributed by atoms with Gasteiger partial charge in [0.1, 0.15) is 0 Å². The molecule has 2 N–H and O–H groups in total. The van der Waals surface area contributed by atoms with Crippen LogP contribution < -0.4 is 5.43 Å². The van der Waals surface area contributed by atoms with Gasteiger partial charge in [0.05, 0.1) is 11.1 Å². The van der Waals surface area contributed by atoms with E-state index in [-0.39, 0.29) is 5.69 Å². The largest absolute Gasteiger partial charge is 0.270 e. The van der Waals surface area contributed by atoms with E-state index >= 15 is 0 Å². The van der Waals surface area contributed by atoms with Gasteiger partial charge in [-0.05, 0) is 37.5 Å². The first-order valence-corrected chi connectivity index (χ1v) is 9.56. The molecule has 0 amide bonds. The van der Waals surface area contributed by atoms with Gasteiger partial charge in [0, 0.05) is 23.4 Å². The molecule has 8 nitrogen and oxygen atoms in total. The maximum Gasteiger partial charge on any atom is 0.270 e. The van der Waals surface area contributed by atoms with Gasteiger partial charge in [0.15, 0.2) is 0 Å². The molecule has 0 aliphatic rings. The van der Waals surface area contributed by atoms with Crippen LogP contribution in [0.1, 0.15) is 27.8 Å². The lowest BCUT2D eigenvalue weighted by Crippen LogP contribution is -1.94. The fourth-order valence-electron chi connectivity index (χ4n) is 2.82. The highest BCUT2D eigenvalue weighted by Gasteiger charge is 2.08. The Kier molecular flexibility index (Phi) is 6.05. The van der Waals surface area contributed by atoms with E-state index in [1.165, 1.54) is 40.6 Å². The Labute approximate surface area is 166 Å². The zero-order valence-corrected chi connectivity index (χ0v) is 16.6. The van der Waals surface area contributed by atoms with Crippen molar-refractivity contribution < 1.29 is 4.92 Å². The predicted molar refractivity (Wildman–Crippen MR) is 111 cm³/mol. The summed E-state index contributed by atoms with van der Waals surface area (Å²) in [7, 11) is 0. The summed E-state index contributed by atoms with van der Waals surface area (Å²) in [6.07, 6.45) is 1.49. The van der Waals surface area contributed by atoms with Crippen molar-refractivity contribution in [3.8, 4) is 0 Å². The number of aromatic amines is 1. The second-order valence-corrected chi connectivity index (χ2v) is 7.30. The van der Waals surface area contributed by atoms with Gasteiger partial charge in [0.2, 0.25) is 11.1 Å². The Balaban J connectivity index is 1.59. The van der Waals surface area contributed by atoms with Crippen molar-refractivity contribution in [1.29, 1.82) is 0 Å². The van der Waals surface area contributed by atoms with Crippen molar-refractivity contribution in [3.05, 3.63) is 74.3 Å². The minimum absolute atomic E-state index is 0.0176. The molecule has 0 aliphatic heterocycles. The molecule has 144 valence electrons. The standard InChI is InChI=1S/C19H20N6O2S/c1-12-7-13(2)17(14(3)8-12)11-28-19-21-18(23-24-19)22-20-10-15-5-4-6-16(9-15)25(26)27/h4-10H,11H2,1-3H3,(H2,21,22,23,24)/b20-10+. The third-order valence-corrected chi connectivity index (χ3v) is 4.99. The molecule has 0 aliphatic carbocycles. The molecule has 28 heavy (non-hydrogen) atoms. The number of non-ortho nitro benzene ring substituents is 1. The van der Waals surface area contributed by atoms with Crippen molar-refractivity contribution in [3.63, 3.8) is 0 Å². The van der Waals surface area contributed by atoms with Crippen LogP contribution in [0.4, 0.5) is 11.6 Å². The van der Waals surface area contributed by atoms with E-state index in [0.29, 0.717) is 16.7 Å². The van der Waals surface area contributed by atoms with Crippen LogP contribution in [0.25, 0.3) is 0 Å². The van der Waals surface area contributed by atoms with Crippen LogP contribution in [0, 0.1) is 30.9 Å². The molecule has 0 bridgehead atoms. The van der Waals surface area contributed by atoms with Gasteiger partial charge < -0.3 is 0 Å². The van der Waals surface area contributed by atoms with Gasteiger partial charge in [-0.1, -0.05) is 41.6 Å². The monoisotopic (exact) mass is 396 g/mol. The Bertz CT molecular complexity index is 1010. The number of aromatic nitrogens is 3. The average molecular weight is 396 g/mol. The van der Waals surface area contributed by atoms with Crippen LogP contribution in [-0.2, 0) is 5.75 Å². The van der Waals surface area contributed by atoms with E-state index < -0.39 is 4.92 Å². The Hall–Kier alpha value is -3.20. The number of nitro benzene ring substituents is 1. The summed E-state index contributed by atoms with van der Waals surface area (Å²) in [6, 6.07) is 10.6. The van der Waals surface area contributed by atoms with Crippen molar-refractivity contribution in [2.24, 2.45) is 5.10 Å². The Morgan fingerprint density at radius 3 is 2.71 bits per heavy atom. The van der Waals surface area contributed by atoms with Gasteiger partial charge in [-0.3, -0.25) is 10.1 Å². The van der Waals surface area contributed by atoms with Crippen LogP contribution in [-0.4, -0.2) is 26.3 Å². The van der Waals surface area contributed by atoms with Gasteiger partial charge in [-0.25, -0.2) is 10.5 Å². The first kappa shape index (κ1) is 19.6. The molecule has 3 rings (SSSR count).